The van der Waals surface area contributed by atoms with Gasteiger partial charge in [0.05, 0.1) is 14.2 Å². The summed E-state index contributed by atoms with van der Waals surface area (Å²) in [5.74, 6) is 7.00. The Kier molecular flexibility index (Phi) is 15.8. The van der Waals surface area contributed by atoms with Gasteiger partial charge in [0.15, 0.2) is 0 Å². The molecule has 4 nitrogen and oxygen atoms in total. The zero-order chi connectivity index (χ0) is 18.5. The second kappa shape index (κ2) is 15.1. The van der Waals surface area contributed by atoms with Crippen LogP contribution in [0.4, 0.5) is 0 Å². The monoisotopic (exact) mass is 396 g/mol. The Hall–Kier alpha value is -1.16. The summed E-state index contributed by atoms with van der Waals surface area (Å²) in [6.07, 6.45) is 0. The smallest absolute Gasteiger partial charge is 0.857 e. The third-order valence-electron chi connectivity index (χ3n) is 3.28. The SMILES string of the molecule is COc1cc2cc[cH-]c2cc1OC.C[O-].C[O-].Cc1[c-][pH]cc1C.[Ti+4]. The van der Waals surface area contributed by atoms with E-state index >= 15 is 0 Å². The third-order valence-corrected chi connectivity index (χ3v) is 4.38. The van der Waals surface area contributed by atoms with Crippen molar-refractivity contribution >= 4 is 19.0 Å². The van der Waals surface area contributed by atoms with E-state index in [4.69, 9.17) is 19.7 Å². The summed E-state index contributed by atoms with van der Waals surface area (Å²) in [5, 5.41) is 18.9. The number of aryl methyl sites for hydroxylation is 2. The summed E-state index contributed by atoms with van der Waals surface area (Å²) in [6.45, 7) is 4.23. The topological polar surface area (TPSA) is 64.6 Å². The van der Waals surface area contributed by atoms with Gasteiger partial charge in [-0.3, -0.25) is 8.19 Å². The van der Waals surface area contributed by atoms with Gasteiger partial charge in [0, 0.05) is 0 Å². The maximum Gasteiger partial charge on any atom is 4.00 e. The van der Waals surface area contributed by atoms with Crippen molar-refractivity contribution in [2.45, 2.75) is 13.8 Å². The fourth-order valence-corrected chi connectivity index (χ4v) is 2.83. The first-order chi connectivity index (χ1) is 11.7. The maximum atomic E-state index is 8.25. The van der Waals surface area contributed by atoms with Gasteiger partial charge in [-0.05, 0) is 0 Å². The molecule has 0 aliphatic carbocycles. The van der Waals surface area contributed by atoms with Crippen molar-refractivity contribution in [3.63, 3.8) is 0 Å². The Labute approximate surface area is 167 Å². The predicted molar refractivity (Wildman–Crippen MR) is 98.7 cm³/mol. The summed E-state index contributed by atoms with van der Waals surface area (Å²) < 4.78 is 10.4. The Morgan fingerprint density at radius 3 is 1.96 bits per heavy atom. The Morgan fingerprint density at radius 2 is 1.56 bits per heavy atom. The van der Waals surface area contributed by atoms with Crippen LogP contribution in [-0.4, -0.2) is 28.4 Å². The van der Waals surface area contributed by atoms with Crippen LogP contribution in [0.1, 0.15) is 11.1 Å². The second-order valence-electron chi connectivity index (χ2n) is 4.58. The van der Waals surface area contributed by atoms with Crippen molar-refractivity contribution in [2.75, 3.05) is 28.4 Å². The van der Waals surface area contributed by atoms with Crippen LogP contribution in [0.5, 0.6) is 11.5 Å². The summed E-state index contributed by atoms with van der Waals surface area (Å²) in [7, 11) is 5.61. The quantitative estimate of drug-likeness (QED) is 0.494. The Bertz CT molecular complexity index is 637. The molecule has 6 heteroatoms. The molecule has 3 aromatic rings. The molecule has 0 N–H and O–H groups in total. The largest absolute Gasteiger partial charge is 4.00 e. The molecule has 0 saturated heterocycles. The van der Waals surface area contributed by atoms with Crippen LogP contribution in [0, 0.1) is 19.6 Å². The van der Waals surface area contributed by atoms with E-state index in [0.29, 0.717) is 0 Å². The Balaban J connectivity index is 0. The number of hydrogen-bond acceptors (Lipinski definition) is 4. The van der Waals surface area contributed by atoms with Crippen LogP contribution in [-0.2, 0) is 21.7 Å². The van der Waals surface area contributed by atoms with Crippen molar-refractivity contribution in [1.82, 2.24) is 0 Å². The molecule has 3 rings (SSSR count). The van der Waals surface area contributed by atoms with Gasteiger partial charge >= 0.3 is 21.7 Å². The van der Waals surface area contributed by atoms with E-state index < -0.39 is 0 Å². The van der Waals surface area contributed by atoms with Crippen LogP contribution in [0.25, 0.3) is 10.8 Å². The molecule has 1 atom stereocenters. The van der Waals surface area contributed by atoms with Crippen LogP contribution in [0.2, 0.25) is 0 Å². The molecule has 0 saturated carbocycles. The van der Waals surface area contributed by atoms with Gasteiger partial charge in [0.25, 0.3) is 0 Å². The average Bonchev–Trinajstić information content (AvgIpc) is 3.26. The van der Waals surface area contributed by atoms with Gasteiger partial charge in [-0.15, -0.1) is 16.8 Å². The molecule has 2 aromatic carbocycles. The van der Waals surface area contributed by atoms with E-state index in [0.717, 1.165) is 33.9 Å². The molecule has 0 bridgehead atoms. The van der Waals surface area contributed by atoms with Crippen LogP contribution in [0.15, 0.2) is 36.1 Å². The van der Waals surface area contributed by atoms with Crippen molar-refractivity contribution in [2.24, 2.45) is 0 Å². The van der Waals surface area contributed by atoms with Crippen LogP contribution >= 0.6 is 8.19 Å². The number of fused-ring (bicyclic) bond motifs is 1. The van der Waals surface area contributed by atoms with Crippen molar-refractivity contribution in [3.8, 4) is 11.5 Å². The van der Waals surface area contributed by atoms with E-state index in [1.807, 2.05) is 18.2 Å². The van der Waals surface area contributed by atoms with Crippen molar-refractivity contribution < 1.29 is 41.4 Å². The van der Waals surface area contributed by atoms with E-state index in [9.17, 15) is 0 Å². The molecule has 0 aliphatic heterocycles. The number of benzene rings is 1. The summed E-state index contributed by atoms with van der Waals surface area (Å²) in [6, 6.07) is 10.1. The van der Waals surface area contributed by atoms with E-state index in [1.54, 1.807) is 14.2 Å². The molecule has 1 heterocycles. The number of methoxy groups -OCH3 is 2. The normalized spacial score (nSPS) is 8.80. The van der Waals surface area contributed by atoms with Crippen molar-refractivity contribution in [1.29, 1.82) is 0 Å². The van der Waals surface area contributed by atoms with Gasteiger partial charge in [0.2, 0.25) is 0 Å². The molecular weight excluding hydrogens is 371 g/mol. The minimum atomic E-state index is 0. The molecule has 1 unspecified atom stereocenters. The molecule has 25 heavy (non-hydrogen) atoms. The van der Waals surface area contributed by atoms with Gasteiger partial charge in [-0.2, -0.15) is 49.1 Å². The maximum absolute atomic E-state index is 8.25. The van der Waals surface area contributed by atoms with Gasteiger partial charge in [-0.1, -0.05) is 26.0 Å². The Morgan fingerprint density at radius 1 is 1.00 bits per heavy atom. The summed E-state index contributed by atoms with van der Waals surface area (Å²) >= 11 is 0. The zero-order valence-electron chi connectivity index (χ0n) is 15.6. The summed E-state index contributed by atoms with van der Waals surface area (Å²) in [5.41, 5.74) is 2.73. The minimum absolute atomic E-state index is 0. The fourth-order valence-electron chi connectivity index (χ4n) is 1.91. The molecule has 0 amide bonds. The molecule has 134 valence electrons. The average molecular weight is 396 g/mol. The molecule has 0 radical (unpaired) electrons. The first-order valence-corrected chi connectivity index (χ1v) is 8.34. The van der Waals surface area contributed by atoms with E-state index in [2.05, 4.69) is 37.6 Å². The molecule has 0 spiro atoms. The minimum Gasteiger partial charge on any atom is -0.857 e. The summed E-state index contributed by atoms with van der Waals surface area (Å²) in [4.78, 5) is 0. The first kappa shape index (κ1) is 26.1. The first-order valence-electron chi connectivity index (χ1n) is 7.27. The number of ether oxygens (including phenoxy) is 2. The molecular formula is C19H25O4PTi. The van der Waals surface area contributed by atoms with E-state index in [1.165, 1.54) is 21.9 Å². The number of hydrogen-bond donors (Lipinski definition) is 0. The third kappa shape index (κ3) is 8.18. The molecule has 1 aromatic heterocycles. The van der Waals surface area contributed by atoms with Gasteiger partial charge in [-0.25, -0.2) is 0 Å². The predicted octanol–water partition coefficient (Wildman–Crippen LogP) is 2.66. The standard InChI is InChI=1S/C11H11O2.C6H8P.2CH3O.Ti/c1-12-10-6-8-4-3-5-9(8)7-11(10)13-2;1-5-3-7-4-6(5)2;2*1-2;/h3-7H,1-2H3;3,7H,1-2H3;2*1H3;/q4*-1;+4. The molecule has 0 aliphatic rings. The van der Waals surface area contributed by atoms with Gasteiger partial charge in [0.1, 0.15) is 11.5 Å². The van der Waals surface area contributed by atoms with Crippen LogP contribution in [0.3, 0.4) is 0 Å². The number of rotatable bonds is 2. The molecule has 0 fully saturated rings. The van der Waals surface area contributed by atoms with Gasteiger partial charge < -0.3 is 19.7 Å². The van der Waals surface area contributed by atoms with Crippen molar-refractivity contribution in [3.05, 3.63) is 53.1 Å². The zero-order valence-corrected chi connectivity index (χ0v) is 18.2. The van der Waals surface area contributed by atoms with E-state index in [-0.39, 0.29) is 21.7 Å². The fraction of sp³-hybridized carbons (Fsp3) is 0.316. The second-order valence-corrected chi connectivity index (χ2v) is 5.41. The van der Waals surface area contributed by atoms with Crippen LogP contribution < -0.4 is 19.7 Å².